The summed E-state index contributed by atoms with van der Waals surface area (Å²) in [6.07, 6.45) is 0.753. The number of carbonyl (C=O) groups is 2. The predicted octanol–water partition coefficient (Wildman–Crippen LogP) is 4.60. The number of anilines is 1. The molecule has 1 heterocycles. The van der Waals surface area contributed by atoms with E-state index in [1.807, 2.05) is 68.4 Å². The monoisotopic (exact) mass is 384 g/mol. The molecule has 5 nitrogen and oxygen atoms in total. The summed E-state index contributed by atoms with van der Waals surface area (Å²) in [5.41, 5.74) is 2.82. The van der Waals surface area contributed by atoms with Crippen LogP contribution >= 0.6 is 11.8 Å². The first-order valence-electron chi connectivity index (χ1n) is 9.09. The van der Waals surface area contributed by atoms with Gasteiger partial charge in [0.2, 0.25) is 0 Å². The average Bonchev–Trinajstić information content (AvgIpc) is 3.14. The number of ether oxygens (including phenoxy) is 1. The van der Waals surface area contributed by atoms with Crippen molar-refractivity contribution in [3.63, 3.8) is 0 Å². The van der Waals surface area contributed by atoms with E-state index in [1.54, 1.807) is 16.7 Å². The zero-order chi connectivity index (χ0) is 19.2. The van der Waals surface area contributed by atoms with Crippen LogP contribution in [0.4, 0.5) is 10.5 Å². The minimum Gasteiger partial charge on any atom is -0.464 e. The lowest BCUT2D eigenvalue weighted by Crippen LogP contribution is -2.45. The first-order valence-corrected chi connectivity index (χ1v) is 10.1. The third-order valence-corrected chi connectivity index (χ3v) is 5.67. The Morgan fingerprint density at radius 2 is 1.85 bits per heavy atom. The molecule has 0 aliphatic carbocycles. The molecule has 142 valence electrons. The van der Waals surface area contributed by atoms with Gasteiger partial charge in [0.25, 0.3) is 0 Å². The number of urea groups is 1. The van der Waals surface area contributed by atoms with Gasteiger partial charge in [0, 0.05) is 11.4 Å². The lowest BCUT2D eigenvalue weighted by molar-refractivity contribution is -0.147. The molecule has 0 aromatic heterocycles. The van der Waals surface area contributed by atoms with Crippen molar-refractivity contribution in [2.45, 2.75) is 31.7 Å². The summed E-state index contributed by atoms with van der Waals surface area (Å²) < 4.78 is 5.33. The Labute approximate surface area is 164 Å². The summed E-state index contributed by atoms with van der Waals surface area (Å²) in [5, 5.41) is 2.69. The number of nitrogens with one attached hydrogen (secondary N) is 1. The standard InChI is InChI=1S/C21H24N2O3S/c1-3-13-26-20(24)18-14-27-19(16-7-5-4-6-8-16)23(18)21(25)22-17-11-9-15(2)10-12-17/h4-12,18-19H,3,13-14H2,1-2H3,(H,22,25). The topological polar surface area (TPSA) is 58.6 Å². The van der Waals surface area contributed by atoms with Gasteiger partial charge in [0.15, 0.2) is 0 Å². The van der Waals surface area contributed by atoms with Crippen molar-refractivity contribution >= 4 is 29.4 Å². The van der Waals surface area contributed by atoms with Crippen LogP contribution in [-0.4, -0.2) is 35.3 Å². The number of carbonyl (C=O) groups excluding carboxylic acids is 2. The van der Waals surface area contributed by atoms with Crippen LogP contribution in [0.3, 0.4) is 0 Å². The van der Waals surface area contributed by atoms with Crippen LogP contribution in [0.25, 0.3) is 0 Å². The van der Waals surface area contributed by atoms with Crippen LogP contribution in [0.2, 0.25) is 0 Å². The van der Waals surface area contributed by atoms with Gasteiger partial charge in [-0.1, -0.05) is 55.0 Å². The Morgan fingerprint density at radius 1 is 1.15 bits per heavy atom. The van der Waals surface area contributed by atoms with E-state index in [0.717, 1.165) is 17.5 Å². The van der Waals surface area contributed by atoms with Crippen molar-refractivity contribution in [1.82, 2.24) is 4.90 Å². The molecule has 3 rings (SSSR count). The second-order valence-corrected chi connectivity index (χ2v) is 7.60. The zero-order valence-corrected chi connectivity index (χ0v) is 16.4. The molecule has 2 aromatic carbocycles. The summed E-state index contributed by atoms with van der Waals surface area (Å²) in [6, 6.07) is 16.5. The fourth-order valence-corrected chi connectivity index (χ4v) is 4.35. The normalized spacial score (nSPS) is 19.0. The number of aryl methyl sites for hydroxylation is 1. The van der Waals surface area contributed by atoms with Crippen molar-refractivity contribution in [2.24, 2.45) is 0 Å². The molecule has 27 heavy (non-hydrogen) atoms. The third-order valence-electron chi connectivity index (χ3n) is 4.34. The van der Waals surface area contributed by atoms with Crippen LogP contribution in [0, 0.1) is 6.92 Å². The van der Waals surface area contributed by atoms with Gasteiger partial charge in [-0.05, 0) is 31.0 Å². The number of esters is 1. The molecule has 1 N–H and O–H groups in total. The highest BCUT2D eigenvalue weighted by Gasteiger charge is 2.43. The number of rotatable bonds is 5. The van der Waals surface area contributed by atoms with Gasteiger partial charge in [-0.25, -0.2) is 9.59 Å². The number of amides is 2. The van der Waals surface area contributed by atoms with E-state index in [0.29, 0.717) is 18.0 Å². The molecule has 2 aromatic rings. The number of hydrogen-bond acceptors (Lipinski definition) is 4. The number of thioether (sulfide) groups is 1. The fraction of sp³-hybridized carbons (Fsp3) is 0.333. The Balaban J connectivity index is 1.83. The van der Waals surface area contributed by atoms with Crippen molar-refractivity contribution in [3.8, 4) is 0 Å². The maximum Gasteiger partial charge on any atom is 0.329 e. The molecule has 6 heteroatoms. The Kier molecular flexibility index (Phi) is 6.40. The summed E-state index contributed by atoms with van der Waals surface area (Å²) in [7, 11) is 0. The van der Waals surface area contributed by atoms with Gasteiger partial charge in [-0.15, -0.1) is 11.8 Å². The number of benzene rings is 2. The first kappa shape index (κ1) is 19.3. The number of nitrogens with zero attached hydrogens (tertiary/aromatic N) is 1. The molecule has 1 saturated heterocycles. The third kappa shape index (κ3) is 4.63. The summed E-state index contributed by atoms with van der Waals surface area (Å²) in [6.45, 7) is 4.31. The molecule has 2 atom stereocenters. The van der Waals surface area contributed by atoms with Crippen LogP contribution in [-0.2, 0) is 9.53 Å². The Bertz CT molecular complexity index is 780. The molecule has 1 aliphatic heterocycles. The lowest BCUT2D eigenvalue weighted by atomic mass is 10.2. The smallest absolute Gasteiger partial charge is 0.329 e. The average molecular weight is 385 g/mol. The summed E-state index contributed by atoms with van der Waals surface area (Å²) >= 11 is 1.58. The second-order valence-electron chi connectivity index (χ2n) is 6.48. The van der Waals surface area contributed by atoms with Gasteiger partial charge in [0.05, 0.1) is 6.61 Å². The second kappa shape index (κ2) is 8.95. The molecule has 1 aliphatic rings. The van der Waals surface area contributed by atoms with E-state index < -0.39 is 6.04 Å². The molecule has 2 unspecified atom stereocenters. The van der Waals surface area contributed by atoms with Gasteiger partial charge in [0.1, 0.15) is 11.4 Å². The fourth-order valence-electron chi connectivity index (χ4n) is 2.93. The minimum atomic E-state index is -0.600. The van der Waals surface area contributed by atoms with E-state index in [4.69, 9.17) is 4.74 Å². The molecule has 1 fully saturated rings. The van der Waals surface area contributed by atoms with Gasteiger partial charge in [-0.2, -0.15) is 0 Å². The molecule has 2 amide bonds. The quantitative estimate of drug-likeness (QED) is 0.766. The maximum atomic E-state index is 13.1. The maximum absolute atomic E-state index is 13.1. The van der Waals surface area contributed by atoms with Crippen molar-refractivity contribution < 1.29 is 14.3 Å². The van der Waals surface area contributed by atoms with Crippen LogP contribution in [0.1, 0.15) is 29.8 Å². The van der Waals surface area contributed by atoms with Crippen molar-refractivity contribution in [2.75, 3.05) is 17.7 Å². The van der Waals surface area contributed by atoms with Crippen molar-refractivity contribution in [3.05, 3.63) is 65.7 Å². The highest BCUT2D eigenvalue weighted by molar-refractivity contribution is 7.99. The largest absolute Gasteiger partial charge is 0.464 e. The lowest BCUT2D eigenvalue weighted by Gasteiger charge is -2.28. The van der Waals surface area contributed by atoms with Gasteiger partial charge in [-0.3, -0.25) is 4.90 Å². The molecular formula is C21H24N2O3S. The molecule has 0 saturated carbocycles. The van der Waals surface area contributed by atoms with E-state index >= 15 is 0 Å². The Hall–Kier alpha value is -2.47. The number of hydrogen-bond donors (Lipinski definition) is 1. The highest BCUT2D eigenvalue weighted by Crippen LogP contribution is 2.42. The van der Waals surface area contributed by atoms with E-state index in [2.05, 4.69) is 5.32 Å². The van der Waals surface area contributed by atoms with E-state index in [-0.39, 0.29) is 17.4 Å². The minimum absolute atomic E-state index is 0.226. The molecular weight excluding hydrogens is 360 g/mol. The predicted molar refractivity (Wildman–Crippen MR) is 109 cm³/mol. The summed E-state index contributed by atoms with van der Waals surface area (Å²) in [4.78, 5) is 27.2. The van der Waals surface area contributed by atoms with Crippen LogP contribution in [0.5, 0.6) is 0 Å². The highest BCUT2D eigenvalue weighted by atomic mass is 32.2. The molecule has 0 spiro atoms. The molecule has 0 bridgehead atoms. The summed E-state index contributed by atoms with van der Waals surface area (Å²) in [5.74, 6) is 0.172. The van der Waals surface area contributed by atoms with E-state index in [1.165, 1.54) is 0 Å². The van der Waals surface area contributed by atoms with Gasteiger partial charge < -0.3 is 10.1 Å². The van der Waals surface area contributed by atoms with Crippen LogP contribution in [0.15, 0.2) is 54.6 Å². The zero-order valence-electron chi connectivity index (χ0n) is 15.6. The van der Waals surface area contributed by atoms with Crippen molar-refractivity contribution in [1.29, 1.82) is 0 Å². The first-order chi connectivity index (χ1) is 13.1. The molecule has 0 radical (unpaired) electrons. The van der Waals surface area contributed by atoms with Crippen LogP contribution < -0.4 is 5.32 Å². The van der Waals surface area contributed by atoms with Gasteiger partial charge >= 0.3 is 12.0 Å². The van der Waals surface area contributed by atoms with E-state index in [9.17, 15) is 9.59 Å². The SMILES string of the molecule is CCCOC(=O)C1CSC(c2ccccc2)N1C(=O)Nc1ccc(C)cc1. The Morgan fingerprint density at radius 3 is 2.52 bits per heavy atom.